The molecule has 1 aliphatic heterocycles. The van der Waals surface area contributed by atoms with Crippen LogP contribution in [0.15, 0.2) is 0 Å². The van der Waals surface area contributed by atoms with Gasteiger partial charge < -0.3 is 10.1 Å². The molecule has 0 spiro atoms. The molecule has 0 amide bonds. The van der Waals surface area contributed by atoms with E-state index in [1.165, 1.54) is 12.8 Å². The Morgan fingerprint density at radius 3 is 2.72 bits per heavy atom. The van der Waals surface area contributed by atoms with E-state index >= 15 is 0 Å². The minimum Gasteiger partial charge on any atom is -0.380 e. The molecule has 1 saturated carbocycles. The molecular weight excluding hydrogens is 252 g/mol. The standard InChI is InChI=1S/C12H24N2O3S/c15-18(16,10-12-2-1-5-13-8-12)14-6-7-17-9-11-3-4-11/h11-14H,1-10H2. The largest absolute Gasteiger partial charge is 0.380 e. The Hall–Kier alpha value is -0.170. The molecule has 5 nitrogen and oxygen atoms in total. The van der Waals surface area contributed by atoms with Crippen LogP contribution in [0.3, 0.4) is 0 Å². The van der Waals surface area contributed by atoms with Gasteiger partial charge in [0.25, 0.3) is 0 Å². The molecule has 2 aliphatic rings. The van der Waals surface area contributed by atoms with Gasteiger partial charge in [-0.15, -0.1) is 0 Å². The van der Waals surface area contributed by atoms with Crippen LogP contribution in [0.5, 0.6) is 0 Å². The highest BCUT2D eigenvalue weighted by Gasteiger charge is 2.22. The van der Waals surface area contributed by atoms with Crippen molar-refractivity contribution in [1.82, 2.24) is 10.0 Å². The molecule has 1 saturated heterocycles. The average Bonchev–Trinajstić information content (AvgIpc) is 3.13. The van der Waals surface area contributed by atoms with Gasteiger partial charge in [-0.25, -0.2) is 13.1 Å². The predicted molar refractivity (Wildman–Crippen MR) is 70.9 cm³/mol. The van der Waals surface area contributed by atoms with Crippen LogP contribution in [-0.2, 0) is 14.8 Å². The Balaban J connectivity index is 1.56. The van der Waals surface area contributed by atoms with Crippen molar-refractivity contribution in [2.45, 2.75) is 25.7 Å². The molecule has 1 heterocycles. The highest BCUT2D eigenvalue weighted by atomic mass is 32.2. The van der Waals surface area contributed by atoms with Crippen LogP contribution in [-0.4, -0.2) is 47.0 Å². The Morgan fingerprint density at radius 1 is 1.22 bits per heavy atom. The molecule has 2 rings (SSSR count). The number of hydrogen-bond donors (Lipinski definition) is 2. The third-order valence-electron chi connectivity index (χ3n) is 3.47. The molecule has 2 fully saturated rings. The fourth-order valence-electron chi connectivity index (χ4n) is 2.24. The summed E-state index contributed by atoms with van der Waals surface area (Å²) in [5.74, 6) is 1.22. The minimum absolute atomic E-state index is 0.239. The number of piperidine rings is 1. The van der Waals surface area contributed by atoms with Gasteiger partial charge >= 0.3 is 0 Å². The second-order valence-electron chi connectivity index (χ2n) is 5.41. The predicted octanol–water partition coefficient (Wildman–Crippen LogP) is 0.332. The molecule has 1 aliphatic carbocycles. The van der Waals surface area contributed by atoms with Crippen molar-refractivity contribution in [2.75, 3.05) is 38.6 Å². The van der Waals surface area contributed by atoms with E-state index in [1.807, 2.05) is 0 Å². The van der Waals surface area contributed by atoms with Gasteiger partial charge in [0.1, 0.15) is 0 Å². The van der Waals surface area contributed by atoms with E-state index in [-0.39, 0.29) is 11.7 Å². The van der Waals surface area contributed by atoms with Gasteiger partial charge in [-0.05, 0) is 50.6 Å². The number of ether oxygens (including phenoxy) is 1. The third-order valence-corrected chi connectivity index (χ3v) is 5.03. The first-order chi connectivity index (χ1) is 8.66. The average molecular weight is 276 g/mol. The van der Waals surface area contributed by atoms with E-state index < -0.39 is 10.0 Å². The molecule has 6 heteroatoms. The summed E-state index contributed by atoms with van der Waals surface area (Å²) in [5.41, 5.74) is 0. The van der Waals surface area contributed by atoms with Gasteiger partial charge in [0.2, 0.25) is 10.0 Å². The van der Waals surface area contributed by atoms with E-state index in [1.54, 1.807) is 0 Å². The van der Waals surface area contributed by atoms with Crippen LogP contribution in [0.2, 0.25) is 0 Å². The van der Waals surface area contributed by atoms with Gasteiger partial charge in [0.15, 0.2) is 0 Å². The maximum absolute atomic E-state index is 11.8. The molecule has 106 valence electrons. The molecule has 1 unspecified atom stereocenters. The summed E-state index contributed by atoms with van der Waals surface area (Å²) in [6.07, 6.45) is 4.61. The Morgan fingerprint density at radius 2 is 2.06 bits per heavy atom. The lowest BCUT2D eigenvalue weighted by Gasteiger charge is -2.22. The minimum atomic E-state index is -3.14. The fourth-order valence-corrected chi connectivity index (χ4v) is 3.66. The Labute approximate surface area is 110 Å². The first kappa shape index (κ1) is 14.2. The number of sulfonamides is 1. The second-order valence-corrected chi connectivity index (χ2v) is 7.26. The normalized spacial score (nSPS) is 25.2. The molecule has 2 N–H and O–H groups in total. The highest BCUT2D eigenvalue weighted by molar-refractivity contribution is 7.89. The number of rotatable bonds is 8. The Bertz CT molecular complexity index is 335. The summed E-state index contributed by atoms with van der Waals surface area (Å²) < 4.78 is 31.7. The maximum atomic E-state index is 11.8. The summed E-state index contributed by atoms with van der Waals surface area (Å²) in [5, 5.41) is 3.24. The van der Waals surface area contributed by atoms with Gasteiger partial charge in [-0.1, -0.05) is 0 Å². The molecule has 0 aromatic carbocycles. The van der Waals surface area contributed by atoms with Crippen molar-refractivity contribution in [2.24, 2.45) is 11.8 Å². The smallest absolute Gasteiger partial charge is 0.211 e. The molecule has 0 bridgehead atoms. The van der Waals surface area contributed by atoms with Crippen molar-refractivity contribution in [1.29, 1.82) is 0 Å². The van der Waals surface area contributed by atoms with E-state index in [0.29, 0.717) is 13.2 Å². The van der Waals surface area contributed by atoms with Crippen molar-refractivity contribution in [3.8, 4) is 0 Å². The monoisotopic (exact) mass is 276 g/mol. The molecular formula is C12H24N2O3S. The van der Waals surface area contributed by atoms with Crippen molar-refractivity contribution in [3.05, 3.63) is 0 Å². The summed E-state index contributed by atoms with van der Waals surface area (Å²) >= 11 is 0. The van der Waals surface area contributed by atoms with Crippen LogP contribution >= 0.6 is 0 Å². The van der Waals surface area contributed by atoms with Crippen LogP contribution in [0, 0.1) is 11.8 Å². The summed E-state index contributed by atoms with van der Waals surface area (Å²) in [4.78, 5) is 0. The van der Waals surface area contributed by atoms with Gasteiger partial charge in [0.05, 0.1) is 12.4 Å². The van der Waals surface area contributed by atoms with E-state index in [9.17, 15) is 8.42 Å². The second kappa shape index (κ2) is 6.84. The zero-order valence-electron chi connectivity index (χ0n) is 10.9. The molecule has 1 atom stereocenters. The van der Waals surface area contributed by atoms with Crippen molar-refractivity contribution >= 4 is 10.0 Å². The first-order valence-electron chi connectivity index (χ1n) is 6.91. The quantitative estimate of drug-likeness (QED) is 0.627. The van der Waals surface area contributed by atoms with E-state index in [2.05, 4.69) is 10.0 Å². The molecule has 0 radical (unpaired) electrons. The summed E-state index contributed by atoms with van der Waals surface area (Å²) in [7, 11) is -3.14. The first-order valence-corrected chi connectivity index (χ1v) is 8.57. The van der Waals surface area contributed by atoms with Crippen molar-refractivity contribution < 1.29 is 13.2 Å². The number of nitrogens with one attached hydrogen (secondary N) is 2. The van der Waals surface area contributed by atoms with E-state index in [4.69, 9.17) is 4.74 Å². The third kappa shape index (κ3) is 5.65. The zero-order valence-corrected chi connectivity index (χ0v) is 11.7. The number of hydrogen-bond acceptors (Lipinski definition) is 4. The van der Waals surface area contributed by atoms with Crippen LogP contribution in [0.4, 0.5) is 0 Å². The topological polar surface area (TPSA) is 67.4 Å². The van der Waals surface area contributed by atoms with Crippen LogP contribution < -0.4 is 10.0 Å². The fraction of sp³-hybridized carbons (Fsp3) is 1.00. The van der Waals surface area contributed by atoms with Gasteiger partial charge in [0, 0.05) is 13.2 Å². The summed E-state index contributed by atoms with van der Waals surface area (Å²) in [6, 6.07) is 0. The van der Waals surface area contributed by atoms with Crippen molar-refractivity contribution in [3.63, 3.8) is 0 Å². The van der Waals surface area contributed by atoms with Gasteiger partial charge in [-0.3, -0.25) is 0 Å². The molecule has 18 heavy (non-hydrogen) atoms. The lowest BCUT2D eigenvalue weighted by molar-refractivity contribution is 0.129. The molecule has 0 aromatic heterocycles. The van der Waals surface area contributed by atoms with Crippen LogP contribution in [0.25, 0.3) is 0 Å². The lowest BCUT2D eigenvalue weighted by atomic mass is 10.0. The highest BCUT2D eigenvalue weighted by Crippen LogP contribution is 2.28. The van der Waals surface area contributed by atoms with E-state index in [0.717, 1.165) is 38.5 Å². The zero-order chi connectivity index (χ0) is 12.8. The van der Waals surface area contributed by atoms with Crippen LogP contribution in [0.1, 0.15) is 25.7 Å². The SMILES string of the molecule is O=S(=O)(CC1CCCNC1)NCCOCC1CC1. The Kier molecular flexibility index (Phi) is 5.41. The van der Waals surface area contributed by atoms with Gasteiger partial charge in [-0.2, -0.15) is 0 Å². The molecule has 0 aromatic rings. The summed E-state index contributed by atoms with van der Waals surface area (Å²) in [6.45, 7) is 3.50. The lowest BCUT2D eigenvalue weighted by Crippen LogP contribution is -2.38. The maximum Gasteiger partial charge on any atom is 0.211 e.